The molecule has 4 unspecified atom stereocenters. The van der Waals surface area contributed by atoms with Crippen LogP contribution in [0.5, 0.6) is 0 Å². The van der Waals surface area contributed by atoms with Gasteiger partial charge in [-0.25, -0.2) is 25.6 Å². The fourth-order valence-electron chi connectivity index (χ4n) is 16.6. The monoisotopic (exact) mass is 982 g/mol. The Morgan fingerprint density at radius 2 is 0.926 bits per heavy atom. The van der Waals surface area contributed by atoms with Crippen LogP contribution in [-0.2, 0) is 29.6 Å². The van der Waals surface area contributed by atoms with Gasteiger partial charge in [0.15, 0.2) is 0 Å². The molecular weight excluding hydrogens is 915 g/mol. The number of amides is 2. The molecule has 4 N–H and O–H groups in total. The van der Waals surface area contributed by atoms with Crippen LogP contribution in [-0.4, -0.2) is 124 Å². The number of halogens is 2. The van der Waals surface area contributed by atoms with Gasteiger partial charge >= 0.3 is 0 Å². The van der Waals surface area contributed by atoms with E-state index in [2.05, 4.69) is 19.2 Å². The average Bonchev–Trinajstić information content (AvgIpc) is 3.74. The topological polar surface area (TPSA) is 180 Å². The summed E-state index contributed by atoms with van der Waals surface area (Å²) in [5.41, 5.74) is 0.0629. The maximum atomic E-state index is 15.0. The number of carbonyl (C=O) groups is 2. The van der Waals surface area contributed by atoms with E-state index in [1.807, 2.05) is 9.80 Å². The lowest BCUT2D eigenvalue weighted by atomic mass is 9.51. The number of hydrogen-bond donors (Lipinski definition) is 4. The highest BCUT2D eigenvalue weighted by atomic mass is 32.2. The van der Waals surface area contributed by atoms with Gasteiger partial charge in [0.05, 0.1) is 58.3 Å². The number of aliphatic hydroxyl groups is 2. The van der Waals surface area contributed by atoms with Gasteiger partial charge in [-0.3, -0.25) is 19.0 Å². The van der Waals surface area contributed by atoms with Crippen molar-refractivity contribution in [1.29, 1.82) is 0 Å². The van der Waals surface area contributed by atoms with Gasteiger partial charge in [-0.05, 0) is 163 Å². The molecule has 2 spiro atoms. The first-order valence-electron chi connectivity index (χ1n) is 25.2. The van der Waals surface area contributed by atoms with Crippen LogP contribution < -0.4 is 19.2 Å². The second-order valence-electron chi connectivity index (χ2n) is 23.5. The third-order valence-corrected chi connectivity index (χ3v) is 20.1. The molecular formula is C50H68F2N6O8S2. The van der Waals surface area contributed by atoms with Crippen molar-refractivity contribution >= 4 is 54.6 Å². The van der Waals surface area contributed by atoms with Crippen LogP contribution in [0.15, 0.2) is 36.4 Å². The summed E-state index contributed by atoms with van der Waals surface area (Å²) in [6, 6.07) is 8.79. The van der Waals surface area contributed by atoms with Gasteiger partial charge in [0, 0.05) is 62.5 Å². The van der Waals surface area contributed by atoms with E-state index in [1.54, 1.807) is 24.3 Å². The number of sulfonamides is 2. The Kier molecular flexibility index (Phi) is 11.3. The van der Waals surface area contributed by atoms with Gasteiger partial charge in [0.1, 0.15) is 11.6 Å². The van der Waals surface area contributed by atoms with Crippen LogP contribution in [0.25, 0.3) is 0 Å². The predicted octanol–water partition coefficient (Wildman–Crippen LogP) is 5.91. The summed E-state index contributed by atoms with van der Waals surface area (Å²) in [7, 11) is -6.96. The van der Waals surface area contributed by atoms with Gasteiger partial charge in [0.2, 0.25) is 31.9 Å². The van der Waals surface area contributed by atoms with Crippen molar-refractivity contribution < 1.29 is 45.4 Å². The molecule has 68 heavy (non-hydrogen) atoms. The molecule has 18 heteroatoms. The Balaban J connectivity index is 0.000000149. The lowest BCUT2D eigenvalue weighted by Crippen LogP contribution is -2.65. The summed E-state index contributed by atoms with van der Waals surface area (Å²) < 4.78 is 80.6. The number of likely N-dealkylation sites (tertiary alicyclic amines) is 2. The van der Waals surface area contributed by atoms with Gasteiger partial charge < -0.3 is 29.8 Å². The Bertz CT molecular complexity index is 2400. The van der Waals surface area contributed by atoms with Crippen molar-refractivity contribution in [3.05, 3.63) is 48.0 Å². The fourth-order valence-corrected chi connectivity index (χ4v) is 17.7. The molecule has 12 aliphatic rings. The summed E-state index contributed by atoms with van der Waals surface area (Å²) in [5.74, 6) is 2.04. The van der Waals surface area contributed by atoms with Gasteiger partial charge in [-0.2, -0.15) is 0 Å². The SMILES string of the molecule is CS(=O)(=O)Nc1ccc(N2CCC[C@@]3(CCN(C45CC6CC(C4)C(O)C(C6)C5)C3=O)C2)c(F)c1.CS(=O)(=O)Nc1ccc(N2CCC[C@@]3(CCN(C45CC6CC(C4)C(O)C(C6)C5)C3=O)C2)c(F)c1. The molecule has 2 amide bonds. The molecule has 8 bridgehead atoms. The first-order chi connectivity index (χ1) is 32.1. The zero-order chi connectivity index (χ0) is 47.8. The number of anilines is 4. The molecule has 8 saturated carbocycles. The number of hydrogen-bond acceptors (Lipinski definition) is 10. The summed E-state index contributed by atoms with van der Waals surface area (Å²) in [5, 5.41) is 21.4. The minimum atomic E-state index is -3.48. The molecule has 14 nitrogen and oxygen atoms in total. The second-order valence-corrected chi connectivity index (χ2v) is 27.0. The summed E-state index contributed by atoms with van der Waals surface area (Å²) in [6.07, 6.45) is 16.8. The van der Waals surface area contributed by atoms with Crippen molar-refractivity contribution in [2.24, 2.45) is 46.3 Å². The maximum absolute atomic E-state index is 15.0. The molecule has 2 aromatic carbocycles. The van der Waals surface area contributed by atoms with Crippen molar-refractivity contribution in [2.45, 2.75) is 126 Å². The van der Waals surface area contributed by atoms with E-state index in [4.69, 9.17) is 0 Å². The molecule has 12 fully saturated rings. The van der Waals surface area contributed by atoms with E-state index in [-0.39, 0.29) is 46.5 Å². The number of benzene rings is 2. The number of piperidine rings is 2. The maximum Gasteiger partial charge on any atom is 0.231 e. The third kappa shape index (κ3) is 8.06. The summed E-state index contributed by atoms with van der Waals surface area (Å²) >= 11 is 0. The van der Waals surface area contributed by atoms with E-state index in [1.165, 1.54) is 12.1 Å². The van der Waals surface area contributed by atoms with Crippen LogP contribution >= 0.6 is 0 Å². The molecule has 6 atom stereocenters. The van der Waals surface area contributed by atoms with E-state index in [0.29, 0.717) is 73.1 Å². The predicted molar refractivity (Wildman–Crippen MR) is 255 cm³/mol. The highest BCUT2D eigenvalue weighted by molar-refractivity contribution is 7.92. The molecule has 4 aliphatic heterocycles. The standard InChI is InChI=1S/2C25H34FN3O4S/c2*1-34(32,33)27-19-3-4-21(20(26)11-19)28-7-2-5-24(15-28)6-8-29(23(24)31)25-12-16-9-17(13-25)22(30)18(10-16)14-25/h2*3-4,11,16-18,22,27,30H,2,5-10,12-15H2,1H3/t2*16?,17?,18?,22?,24-,25?/m11/s1. The molecule has 2 aromatic rings. The number of carbonyl (C=O) groups excluding carboxylic acids is 2. The highest BCUT2D eigenvalue weighted by Crippen LogP contribution is 2.61. The molecule has 14 rings (SSSR count). The van der Waals surface area contributed by atoms with Crippen molar-refractivity contribution in [1.82, 2.24) is 9.80 Å². The highest BCUT2D eigenvalue weighted by Gasteiger charge is 2.64. The van der Waals surface area contributed by atoms with Crippen molar-refractivity contribution in [2.75, 3.05) is 71.0 Å². The van der Waals surface area contributed by atoms with Crippen molar-refractivity contribution in [3.63, 3.8) is 0 Å². The van der Waals surface area contributed by atoms with Gasteiger partial charge in [0.25, 0.3) is 0 Å². The van der Waals surface area contributed by atoms with Crippen LogP contribution in [0.1, 0.15) is 103 Å². The van der Waals surface area contributed by atoms with Gasteiger partial charge in [-0.1, -0.05) is 0 Å². The number of nitrogens with zero attached hydrogens (tertiary/aromatic N) is 4. The first kappa shape index (κ1) is 46.6. The quantitative estimate of drug-likeness (QED) is 0.249. The van der Waals surface area contributed by atoms with Crippen LogP contribution in [0.2, 0.25) is 0 Å². The molecule has 372 valence electrons. The molecule has 4 saturated heterocycles. The molecule has 0 aromatic heterocycles. The summed E-state index contributed by atoms with van der Waals surface area (Å²) in [6.45, 7) is 3.85. The smallest absolute Gasteiger partial charge is 0.231 e. The Morgan fingerprint density at radius 1 is 0.559 bits per heavy atom. The van der Waals surface area contributed by atoms with Crippen LogP contribution in [0.4, 0.5) is 31.5 Å². The van der Waals surface area contributed by atoms with Crippen molar-refractivity contribution in [3.8, 4) is 0 Å². The first-order valence-corrected chi connectivity index (χ1v) is 29.0. The third-order valence-electron chi connectivity index (χ3n) is 18.9. The van der Waals surface area contributed by atoms with Crippen LogP contribution in [0, 0.1) is 58.0 Å². The average molecular weight is 983 g/mol. The normalized spacial score (nSPS) is 39.3. The number of aliphatic hydroxyl groups excluding tert-OH is 2. The van der Waals surface area contributed by atoms with Gasteiger partial charge in [-0.15, -0.1) is 0 Å². The van der Waals surface area contributed by atoms with E-state index >= 15 is 8.78 Å². The number of rotatable bonds is 8. The molecule has 4 heterocycles. The van der Waals surface area contributed by atoms with E-state index < -0.39 is 42.5 Å². The van der Waals surface area contributed by atoms with E-state index in [0.717, 1.165) is 128 Å². The zero-order valence-electron chi connectivity index (χ0n) is 39.3. The minimum Gasteiger partial charge on any atom is -0.393 e. The minimum absolute atomic E-state index is 0.0944. The fraction of sp³-hybridized carbons (Fsp3) is 0.720. The zero-order valence-corrected chi connectivity index (χ0v) is 41.0. The lowest BCUT2D eigenvalue weighted by molar-refractivity contribution is -0.168. The molecule has 0 radical (unpaired) electrons. The second kappa shape index (κ2) is 16.4. The summed E-state index contributed by atoms with van der Waals surface area (Å²) in [4.78, 5) is 36.3. The lowest BCUT2D eigenvalue weighted by Gasteiger charge is -2.61. The molecule has 8 aliphatic carbocycles. The Morgan fingerprint density at radius 3 is 1.26 bits per heavy atom. The van der Waals surface area contributed by atoms with E-state index in [9.17, 15) is 36.6 Å². The Hall–Kier alpha value is -3.74. The van der Waals surface area contributed by atoms with Crippen LogP contribution in [0.3, 0.4) is 0 Å². The largest absolute Gasteiger partial charge is 0.393 e. The Labute approximate surface area is 399 Å². The number of nitrogens with one attached hydrogen (secondary N) is 2.